The van der Waals surface area contributed by atoms with E-state index in [0.717, 1.165) is 0 Å². The third kappa shape index (κ3) is 5.36. The van der Waals surface area contributed by atoms with E-state index < -0.39 is 18.8 Å². The number of rotatable bonds is 5. The van der Waals surface area contributed by atoms with Gasteiger partial charge in [-0.2, -0.15) is 13.2 Å². The smallest absolute Gasteiger partial charge is 0.370 e. The van der Waals surface area contributed by atoms with Crippen LogP contribution in [-0.2, 0) is 4.74 Å². The summed E-state index contributed by atoms with van der Waals surface area (Å²) in [5.41, 5.74) is 3.05. The number of hydrogen-bond donors (Lipinski definition) is 2. The van der Waals surface area contributed by atoms with Crippen LogP contribution in [0.4, 0.5) is 13.2 Å². The van der Waals surface area contributed by atoms with Crippen LogP contribution >= 0.6 is 11.6 Å². The van der Waals surface area contributed by atoms with E-state index in [4.69, 9.17) is 17.4 Å². The molecule has 0 aliphatic rings. The molecule has 0 saturated heterocycles. The fraction of sp³-hybridized carbons (Fsp3) is 0.400. The molecule has 0 aliphatic heterocycles. The molecule has 1 atom stereocenters. The Balaban J connectivity index is 2.54. The van der Waals surface area contributed by atoms with Crippen molar-refractivity contribution in [3.05, 3.63) is 34.9 Å². The molecule has 3 N–H and O–H groups in total. The molecule has 0 fully saturated rings. The standard InChI is InChI=1S/C10H12ClF3N2O/c11-8-3-1-2-7(4-8)9(16-15)5-17-6-10(12,13)14/h1-4,9,16H,5-6,15H2. The maximum absolute atomic E-state index is 11.9. The number of hydrazine groups is 1. The molecule has 0 amide bonds. The monoisotopic (exact) mass is 268 g/mol. The van der Waals surface area contributed by atoms with Gasteiger partial charge in [0.15, 0.2) is 0 Å². The van der Waals surface area contributed by atoms with Gasteiger partial charge in [-0.15, -0.1) is 0 Å². The predicted molar refractivity (Wildman–Crippen MR) is 58.4 cm³/mol. The minimum Gasteiger partial charge on any atom is -0.370 e. The Morgan fingerprint density at radius 1 is 1.41 bits per heavy atom. The summed E-state index contributed by atoms with van der Waals surface area (Å²) in [7, 11) is 0. The van der Waals surface area contributed by atoms with E-state index in [9.17, 15) is 13.2 Å². The van der Waals surface area contributed by atoms with Gasteiger partial charge >= 0.3 is 6.18 Å². The zero-order valence-electron chi connectivity index (χ0n) is 8.80. The molecule has 1 aromatic rings. The van der Waals surface area contributed by atoms with Gasteiger partial charge in [0.05, 0.1) is 12.6 Å². The second-order valence-corrected chi connectivity index (χ2v) is 3.84. The summed E-state index contributed by atoms with van der Waals surface area (Å²) in [6, 6.07) is 6.13. The van der Waals surface area contributed by atoms with Gasteiger partial charge in [0.1, 0.15) is 6.61 Å². The van der Waals surface area contributed by atoms with Gasteiger partial charge in [-0.1, -0.05) is 23.7 Å². The van der Waals surface area contributed by atoms with Gasteiger partial charge in [-0.05, 0) is 17.7 Å². The first-order valence-corrected chi connectivity index (χ1v) is 5.16. The van der Waals surface area contributed by atoms with Gasteiger partial charge < -0.3 is 4.74 Å². The molecule has 3 nitrogen and oxygen atoms in total. The van der Waals surface area contributed by atoms with Gasteiger partial charge in [0.25, 0.3) is 0 Å². The van der Waals surface area contributed by atoms with E-state index in [1.165, 1.54) is 0 Å². The van der Waals surface area contributed by atoms with Crippen LogP contribution in [-0.4, -0.2) is 19.4 Å². The summed E-state index contributed by atoms with van der Waals surface area (Å²) < 4.78 is 40.2. The zero-order chi connectivity index (χ0) is 12.9. The molecular formula is C10H12ClF3N2O. The topological polar surface area (TPSA) is 47.3 Å². The number of hydrogen-bond acceptors (Lipinski definition) is 3. The fourth-order valence-electron chi connectivity index (χ4n) is 1.26. The molecule has 0 aromatic heterocycles. The Morgan fingerprint density at radius 3 is 2.65 bits per heavy atom. The first-order chi connectivity index (χ1) is 7.92. The highest BCUT2D eigenvalue weighted by molar-refractivity contribution is 6.30. The van der Waals surface area contributed by atoms with Crippen molar-refractivity contribution in [2.45, 2.75) is 12.2 Å². The van der Waals surface area contributed by atoms with Gasteiger partial charge in [-0.3, -0.25) is 11.3 Å². The van der Waals surface area contributed by atoms with Crippen LogP contribution in [0.25, 0.3) is 0 Å². The molecule has 1 unspecified atom stereocenters. The second kappa shape index (κ2) is 6.20. The summed E-state index contributed by atoms with van der Waals surface area (Å²) >= 11 is 5.76. The summed E-state index contributed by atoms with van der Waals surface area (Å²) in [4.78, 5) is 0. The number of ether oxygens (including phenoxy) is 1. The van der Waals surface area contributed by atoms with Crippen molar-refractivity contribution in [3.63, 3.8) is 0 Å². The number of nitrogens with two attached hydrogens (primary N) is 1. The van der Waals surface area contributed by atoms with Crippen LogP contribution in [0.1, 0.15) is 11.6 Å². The molecule has 0 saturated carbocycles. The Hall–Kier alpha value is -0.820. The number of halogens is 4. The van der Waals surface area contributed by atoms with Crippen molar-refractivity contribution in [3.8, 4) is 0 Å². The maximum Gasteiger partial charge on any atom is 0.411 e. The van der Waals surface area contributed by atoms with Crippen molar-refractivity contribution in [2.24, 2.45) is 5.84 Å². The predicted octanol–water partition coefficient (Wildman–Crippen LogP) is 2.42. The van der Waals surface area contributed by atoms with Crippen molar-refractivity contribution < 1.29 is 17.9 Å². The van der Waals surface area contributed by atoms with Gasteiger partial charge in [-0.25, -0.2) is 0 Å². The third-order valence-electron chi connectivity index (χ3n) is 2.00. The van der Waals surface area contributed by atoms with Crippen LogP contribution in [0.15, 0.2) is 24.3 Å². The van der Waals surface area contributed by atoms with Crippen LogP contribution in [0, 0.1) is 0 Å². The van der Waals surface area contributed by atoms with E-state index in [1.54, 1.807) is 24.3 Å². The maximum atomic E-state index is 11.9. The normalized spacial score (nSPS) is 13.7. The highest BCUT2D eigenvalue weighted by Crippen LogP contribution is 2.19. The van der Waals surface area contributed by atoms with E-state index in [2.05, 4.69) is 10.2 Å². The van der Waals surface area contributed by atoms with Gasteiger partial charge in [0, 0.05) is 5.02 Å². The van der Waals surface area contributed by atoms with Gasteiger partial charge in [0.2, 0.25) is 0 Å². The third-order valence-corrected chi connectivity index (χ3v) is 2.24. The number of benzene rings is 1. The average Bonchev–Trinajstić information content (AvgIpc) is 2.23. The first kappa shape index (κ1) is 14.2. The summed E-state index contributed by atoms with van der Waals surface area (Å²) in [6.07, 6.45) is -4.34. The molecular weight excluding hydrogens is 257 g/mol. The van der Waals surface area contributed by atoms with Crippen molar-refractivity contribution >= 4 is 11.6 Å². The SMILES string of the molecule is NNC(COCC(F)(F)F)c1cccc(Cl)c1. The summed E-state index contributed by atoms with van der Waals surface area (Å²) in [5, 5.41) is 0.485. The molecule has 0 radical (unpaired) electrons. The molecule has 7 heteroatoms. The quantitative estimate of drug-likeness (QED) is 0.637. The van der Waals surface area contributed by atoms with Crippen molar-refractivity contribution in [1.82, 2.24) is 5.43 Å². The highest BCUT2D eigenvalue weighted by Gasteiger charge is 2.28. The molecule has 0 bridgehead atoms. The van der Waals surface area contributed by atoms with Crippen LogP contribution in [0.2, 0.25) is 5.02 Å². The zero-order valence-corrected chi connectivity index (χ0v) is 9.55. The molecule has 0 heterocycles. The van der Waals surface area contributed by atoms with E-state index >= 15 is 0 Å². The minimum atomic E-state index is -4.34. The first-order valence-electron chi connectivity index (χ1n) is 4.78. The number of alkyl halides is 3. The molecule has 96 valence electrons. The van der Waals surface area contributed by atoms with Crippen molar-refractivity contribution in [2.75, 3.05) is 13.2 Å². The van der Waals surface area contributed by atoms with Crippen LogP contribution < -0.4 is 11.3 Å². The fourth-order valence-corrected chi connectivity index (χ4v) is 1.46. The number of nitrogens with one attached hydrogen (secondary N) is 1. The lowest BCUT2D eigenvalue weighted by molar-refractivity contribution is -0.175. The minimum absolute atomic E-state index is 0.184. The lowest BCUT2D eigenvalue weighted by atomic mass is 10.1. The molecule has 0 spiro atoms. The Kier molecular flexibility index (Phi) is 5.20. The van der Waals surface area contributed by atoms with E-state index in [1.807, 2.05) is 0 Å². The van der Waals surface area contributed by atoms with Crippen LogP contribution in [0.3, 0.4) is 0 Å². The summed E-state index contributed by atoms with van der Waals surface area (Å²) in [5.74, 6) is 5.25. The summed E-state index contributed by atoms with van der Waals surface area (Å²) in [6.45, 7) is -1.48. The van der Waals surface area contributed by atoms with Crippen molar-refractivity contribution in [1.29, 1.82) is 0 Å². The molecule has 17 heavy (non-hydrogen) atoms. The second-order valence-electron chi connectivity index (χ2n) is 3.40. The highest BCUT2D eigenvalue weighted by atomic mass is 35.5. The van der Waals surface area contributed by atoms with E-state index in [0.29, 0.717) is 10.6 Å². The largest absolute Gasteiger partial charge is 0.411 e. The lowest BCUT2D eigenvalue weighted by Crippen LogP contribution is -2.32. The van der Waals surface area contributed by atoms with E-state index in [-0.39, 0.29) is 6.61 Å². The lowest BCUT2D eigenvalue weighted by Gasteiger charge is -2.17. The average molecular weight is 269 g/mol. The molecule has 1 rings (SSSR count). The Labute approximate surface area is 102 Å². The van der Waals surface area contributed by atoms with Crippen LogP contribution in [0.5, 0.6) is 0 Å². The Morgan fingerprint density at radius 2 is 2.12 bits per heavy atom. The Bertz CT molecular complexity index is 360. The molecule has 1 aromatic carbocycles. The molecule has 0 aliphatic carbocycles.